The summed E-state index contributed by atoms with van der Waals surface area (Å²) in [7, 11) is 0. The molecule has 0 atom stereocenters. The molecule has 0 bridgehead atoms. The first-order valence-corrected chi connectivity index (χ1v) is 7.41. The fraction of sp³-hybridized carbons (Fsp3) is 0.588. The summed E-state index contributed by atoms with van der Waals surface area (Å²) in [6.07, 6.45) is 5.52. The van der Waals surface area contributed by atoms with Gasteiger partial charge in [-0.15, -0.1) is 0 Å². The zero-order chi connectivity index (χ0) is 14.1. The highest BCUT2D eigenvalue weighted by atomic mass is 16.5. The number of hydrogen-bond donors (Lipinski definition) is 0. The molecule has 0 aliphatic rings. The van der Waals surface area contributed by atoms with E-state index in [9.17, 15) is 4.79 Å². The Morgan fingerprint density at radius 2 is 2.00 bits per heavy atom. The average molecular weight is 262 g/mol. The van der Waals surface area contributed by atoms with Crippen molar-refractivity contribution >= 4 is 5.78 Å². The van der Waals surface area contributed by atoms with Crippen molar-refractivity contribution in [3.8, 4) is 5.75 Å². The Hall–Kier alpha value is -1.31. The SMILES string of the molecule is CCCOc1ccc(C)c(CCCCC(=O)CC)c1. The summed E-state index contributed by atoms with van der Waals surface area (Å²) in [6, 6.07) is 6.30. The van der Waals surface area contributed by atoms with Gasteiger partial charge in [0.15, 0.2) is 0 Å². The molecule has 0 unspecified atom stereocenters. The van der Waals surface area contributed by atoms with Crippen LogP contribution in [0.4, 0.5) is 0 Å². The third-order valence-corrected chi connectivity index (χ3v) is 3.34. The van der Waals surface area contributed by atoms with E-state index in [0.29, 0.717) is 12.2 Å². The second kappa shape index (κ2) is 8.73. The van der Waals surface area contributed by atoms with Crippen molar-refractivity contribution in [3.63, 3.8) is 0 Å². The van der Waals surface area contributed by atoms with E-state index in [0.717, 1.165) is 44.5 Å². The number of rotatable bonds is 9. The minimum absolute atomic E-state index is 0.372. The van der Waals surface area contributed by atoms with Gasteiger partial charge in [0.2, 0.25) is 0 Å². The standard InChI is InChI=1S/C17H26O2/c1-4-12-19-17-11-10-14(3)15(13-17)8-6-7-9-16(18)5-2/h10-11,13H,4-9,12H2,1-3H3. The largest absolute Gasteiger partial charge is 0.494 e. The molecule has 0 amide bonds. The van der Waals surface area contributed by atoms with Crippen molar-refractivity contribution in [2.24, 2.45) is 0 Å². The molecule has 0 saturated carbocycles. The van der Waals surface area contributed by atoms with Gasteiger partial charge in [0.05, 0.1) is 6.61 Å². The molecule has 0 N–H and O–H groups in total. The first-order valence-electron chi connectivity index (χ1n) is 7.41. The second-order valence-corrected chi connectivity index (χ2v) is 5.04. The fourth-order valence-corrected chi connectivity index (χ4v) is 2.04. The van der Waals surface area contributed by atoms with E-state index in [2.05, 4.69) is 26.0 Å². The molecule has 0 aliphatic carbocycles. The topological polar surface area (TPSA) is 26.3 Å². The van der Waals surface area contributed by atoms with Crippen LogP contribution in [0.5, 0.6) is 5.75 Å². The van der Waals surface area contributed by atoms with Crippen molar-refractivity contribution in [1.29, 1.82) is 0 Å². The fourth-order valence-electron chi connectivity index (χ4n) is 2.04. The molecule has 0 spiro atoms. The van der Waals surface area contributed by atoms with Gasteiger partial charge in [-0.3, -0.25) is 4.79 Å². The number of carbonyl (C=O) groups excluding carboxylic acids is 1. The van der Waals surface area contributed by atoms with Crippen LogP contribution in [0.25, 0.3) is 0 Å². The van der Waals surface area contributed by atoms with E-state index in [1.807, 2.05) is 13.0 Å². The molecule has 2 nitrogen and oxygen atoms in total. The third kappa shape index (κ3) is 5.91. The zero-order valence-electron chi connectivity index (χ0n) is 12.5. The Balaban J connectivity index is 2.45. The zero-order valence-corrected chi connectivity index (χ0v) is 12.5. The first-order chi connectivity index (χ1) is 9.17. The molecular formula is C17H26O2. The monoisotopic (exact) mass is 262 g/mol. The lowest BCUT2D eigenvalue weighted by molar-refractivity contribution is -0.118. The van der Waals surface area contributed by atoms with Crippen molar-refractivity contribution in [2.75, 3.05) is 6.61 Å². The van der Waals surface area contributed by atoms with Gasteiger partial charge in [-0.2, -0.15) is 0 Å². The summed E-state index contributed by atoms with van der Waals surface area (Å²) in [5, 5.41) is 0. The normalized spacial score (nSPS) is 10.5. The minimum Gasteiger partial charge on any atom is -0.494 e. The molecule has 0 saturated heterocycles. The van der Waals surface area contributed by atoms with Crippen LogP contribution < -0.4 is 4.74 Å². The highest BCUT2D eigenvalue weighted by molar-refractivity contribution is 5.77. The summed E-state index contributed by atoms with van der Waals surface area (Å²) >= 11 is 0. The van der Waals surface area contributed by atoms with Crippen LogP contribution in [0.2, 0.25) is 0 Å². The Morgan fingerprint density at radius 3 is 2.68 bits per heavy atom. The molecule has 106 valence electrons. The lowest BCUT2D eigenvalue weighted by Crippen LogP contribution is -1.98. The molecule has 0 fully saturated rings. The second-order valence-electron chi connectivity index (χ2n) is 5.04. The van der Waals surface area contributed by atoms with E-state index >= 15 is 0 Å². The maximum absolute atomic E-state index is 11.2. The van der Waals surface area contributed by atoms with Gasteiger partial charge in [-0.25, -0.2) is 0 Å². The number of ketones is 1. The number of benzene rings is 1. The Morgan fingerprint density at radius 1 is 1.21 bits per heavy atom. The van der Waals surface area contributed by atoms with E-state index in [1.165, 1.54) is 11.1 Å². The summed E-state index contributed by atoms with van der Waals surface area (Å²) < 4.78 is 5.66. The molecule has 19 heavy (non-hydrogen) atoms. The average Bonchev–Trinajstić information content (AvgIpc) is 2.43. The Labute approximate surface area is 117 Å². The highest BCUT2D eigenvalue weighted by Gasteiger charge is 2.03. The van der Waals surface area contributed by atoms with Crippen LogP contribution in [0.3, 0.4) is 0 Å². The number of carbonyl (C=O) groups is 1. The van der Waals surface area contributed by atoms with Gasteiger partial charge in [0, 0.05) is 12.8 Å². The molecule has 0 aliphatic heterocycles. The third-order valence-electron chi connectivity index (χ3n) is 3.34. The van der Waals surface area contributed by atoms with Crippen LogP contribution in [0.15, 0.2) is 18.2 Å². The van der Waals surface area contributed by atoms with Gasteiger partial charge < -0.3 is 4.74 Å². The van der Waals surface area contributed by atoms with E-state index in [1.54, 1.807) is 0 Å². The van der Waals surface area contributed by atoms with E-state index in [-0.39, 0.29) is 0 Å². The van der Waals surface area contributed by atoms with Gasteiger partial charge in [-0.05, 0) is 55.9 Å². The van der Waals surface area contributed by atoms with Crippen molar-refractivity contribution in [1.82, 2.24) is 0 Å². The number of Topliss-reactive ketones (excluding diaryl/α,β-unsaturated/α-hetero) is 1. The molecule has 2 heteroatoms. The molecule has 1 aromatic rings. The highest BCUT2D eigenvalue weighted by Crippen LogP contribution is 2.20. The number of ether oxygens (including phenoxy) is 1. The van der Waals surface area contributed by atoms with Crippen LogP contribution in [0.1, 0.15) is 57.1 Å². The van der Waals surface area contributed by atoms with E-state index < -0.39 is 0 Å². The number of hydrogen-bond acceptors (Lipinski definition) is 2. The predicted octanol–water partition coefficient (Wildman–Crippen LogP) is 4.48. The summed E-state index contributed by atoms with van der Waals surface area (Å²) in [4.78, 5) is 11.2. The first kappa shape index (κ1) is 15.7. The Bertz CT molecular complexity index is 396. The van der Waals surface area contributed by atoms with Crippen LogP contribution in [-0.4, -0.2) is 12.4 Å². The molecule has 0 heterocycles. The maximum atomic E-state index is 11.2. The lowest BCUT2D eigenvalue weighted by atomic mass is 10.0. The van der Waals surface area contributed by atoms with Gasteiger partial charge in [-0.1, -0.05) is 19.9 Å². The van der Waals surface area contributed by atoms with Gasteiger partial charge >= 0.3 is 0 Å². The van der Waals surface area contributed by atoms with Gasteiger partial charge in [0.25, 0.3) is 0 Å². The summed E-state index contributed by atoms with van der Waals surface area (Å²) in [5.74, 6) is 1.34. The quantitative estimate of drug-likeness (QED) is 0.613. The van der Waals surface area contributed by atoms with E-state index in [4.69, 9.17) is 4.74 Å². The predicted molar refractivity (Wildman–Crippen MR) is 79.8 cm³/mol. The number of unbranched alkanes of at least 4 members (excludes halogenated alkanes) is 1. The van der Waals surface area contributed by atoms with Crippen LogP contribution in [0, 0.1) is 6.92 Å². The van der Waals surface area contributed by atoms with Crippen molar-refractivity contribution < 1.29 is 9.53 Å². The number of aryl methyl sites for hydroxylation is 2. The Kier molecular flexibility index (Phi) is 7.24. The lowest BCUT2D eigenvalue weighted by Gasteiger charge is -2.10. The summed E-state index contributed by atoms with van der Waals surface area (Å²) in [6.45, 7) is 6.95. The smallest absolute Gasteiger partial charge is 0.132 e. The van der Waals surface area contributed by atoms with Crippen LogP contribution >= 0.6 is 0 Å². The van der Waals surface area contributed by atoms with Crippen LogP contribution in [-0.2, 0) is 11.2 Å². The molecule has 0 aromatic heterocycles. The molecule has 1 rings (SSSR count). The molecule has 1 aromatic carbocycles. The summed E-state index contributed by atoms with van der Waals surface area (Å²) in [5.41, 5.74) is 2.66. The molecule has 0 radical (unpaired) electrons. The molecular weight excluding hydrogens is 236 g/mol. The van der Waals surface area contributed by atoms with Gasteiger partial charge in [0.1, 0.15) is 11.5 Å². The van der Waals surface area contributed by atoms with Crippen molar-refractivity contribution in [3.05, 3.63) is 29.3 Å². The van der Waals surface area contributed by atoms with Crippen molar-refractivity contribution in [2.45, 2.75) is 59.3 Å². The maximum Gasteiger partial charge on any atom is 0.132 e. The minimum atomic E-state index is 0.372.